The van der Waals surface area contributed by atoms with E-state index >= 15 is 0 Å². The molecule has 1 aromatic rings. The third-order valence-electron chi connectivity index (χ3n) is 8.96. The fraction of sp³-hybridized carbons (Fsp3) is 0.600. The lowest BCUT2D eigenvalue weighted by molar-refractivity contribution is -0.223. The molecule has 5 heterocycles. The first-order valence-corrected chi connectivity index (χ1v) is 11.4. The van der Waals surface area contributed by atoms with Crippen LogP contribution in [0.25, 0.3) is 0 Å². The molecule has 2 aliphatic carbocycles. The molecule has 7 atom stereocenters. The van der Waals surface area contributed by atoms with Crippen molar-refractivity contribution in [3.63, 3.8) is 0 Å². The van der Waals surface area contributed by atoms with Crippen molar-refractivity contribution in [1.29, 1.82) is 0 Å². The number of hydrogen-bond acceptors (Lipinski definition) is 7. The van der Waals surface area contributed by atoms with Gasteiger partial charge in [-0.05, 0) is 63.8 Å². The van der Waals surface area contributed by atoms with Crippen LogP contribution in [0.15, 0.2) is 46.8 Å². The lowest BCUT2D eigenvalue weighted by atomic mass is 9.72. The van der Waals surface area contributed by atoms with Crippen molar-refractivity contribution in [2.75, 3.05) is 0 Å². The van der Waals surface area contributed by atoms with E-state index in [2.05, 4.69) is 6.08 Å². The second-order valence-electron chi connectivity index (χ2n) is 11.0. The molecule has 4 fully saturated rings. The summed E-state index contributed by atoms with van der Waals surface area (Å²) in [6.07, 6.45) is 11.2. The predicted octanol–water partition coefficient (Wildman–Crippen LogP) is 3.76. The Kier molecular flexibility index (Phi) is 3.22. The van der Waals surface area contributed by atoms with Crippen LogP contribution in [0.2, 0.25) is 0 Å². The Labute approximate surface area is 185 Å². The summed E-state index contributed by atoms with van der Waals surface area (Å²) in [6.45, 7) is 5.95. The molecule has 7 rings (SSSR count). The van der Waals surface area contributed by atoms with Crippen LogP contribution >= 0.6 is 0 Å². The van der Waals surface area contributed by atoms with Gasteiger partial charge in [-0.15, -0.1) is 0 Å². The second kappa shape index (κ2) is 5.39. The average Bonchev–Trinajstić information content (AvgIpc) is 3.24. The molecular weight excluding hydrogens is 412 g/mol. The summed E-state index contributed by atoms with van der Waals surface area (Å²) < 4.78 is 30.0. The molecule has 0 amide bonds. The van der Waals surface area contributed by atoms with Gasteiger partial charge in [-0.2, -0.15) is 0 Å². The quantitative estimate of drug-likeness (QED) is 0.514. The van der Waals surface area contributed by atoms with Crippen LogP contribution in [0, 0.1) is 16.7 Å². The zero-order valence-electron chi connectivity index (χ0n) is 18.4. The zero-order chi connectivity index (χ0) is 22.1. The molecule has 7 heteroatoms. The number of ether oxygens (including phenoxy) is 4. The van der Waals surface area contributed by atoms with Crippen molar-refractivity contribution in [1.82, 2.24) is 0 Å². The van der Waals surface area contributed by atoms with Gasteiger partial charge in [0.05, 0.1) is 24.2 Å². The van der Waals surface area contributed by atoms with Crippen molar-refractivity contribution in [3.8, 4) is 0 Å². The smallest absolute Gasteiger partial charge is 0.331 e. The summed E-state index contributed by atoms with van der Waals surface area (Å²) in [6, 6.07) is 1.89. The largest absolute Gasteiger partial charge is 0.472 e. The van der Waals surface area contributed by atoms with E-state index in [1.165, 1.54) is 6.08 Å². The van der Waals surface area contributed by atoms with Crippen LogP contribution in [-0.2, 0) is 28.5 Å². The van der Waals surface area contributed by atoms with Crippen molar-refractivity contribution < 1.29 is 33.0 Å². The van der Waals surface area contributed by atoms with Crippen molar-refractivity contribution in [2.45, 2.75) is 75.7 Å². The minimum absolute atomic E-state index is 0.0922. The fourth-order valence-electron chi connectivity index (χ4n) is 7.61. The molecule has 4 aliphatic heterocycles. The fourth-order valence-corrected chi connectivity index (χ4v) is 7.61. The van der Waals surface area contributed by atoms with Crippen molar-refractivity contribution >= 4 is 11.9 Å². The first-order chi connectivity index (χ1) is 15.1. The van der Waals surface area contributed by atoms with Crippen LogP contribution < -0.4 is 0 Å². The van der Waals surface area contributed by atoms with Crippen molar-refractivity contribution in [3.05, 3.63) is 48.0 Å². The van der Waals surface area contributed by atoms with E-state index in [0.717, 1.165) is 30.4 Å². The number of esters is 2. The number of furan rings is 1. The minimum atomic E-state index is -0.929. The predicted molar refractivity (Wildman–Crippen MR) is 109 cm³/mol. The first kappa shape index (κ1) is 19.1. The van der Waals surface area contributed by atoms with E-state index in [9.17, 15) is 9.59 Å². The van der Waals surface area contributed by atoms with Crippen LogP contribution in [0.4, 0.5) is 0 Å². The van der Waals surface area contributed by atoms with E-state index in [-0.39, 0.29) is 35.5 Å². The molecule has 168 valence electrons. The minimum Gasteiger partial charge on any atom is -0.472 e. The third-order valence-corrected chi connectivity index (χ3v) is 8.96. The molecular formula is C25H26O7. The van der Waals surface area contributed by atoms with Crippen LogP contribution in [-0.4, -0.2) is 35.0 Å². The van der Waals surface area contributed by atoms with E-state index in [0.29, 0.717) is 6.42 Å². The van der Waals surface area contributed by atoms with Crippen LogP contribution in [0.5, 0.6) is 0 Å². The van der Waals surface area contributed by atoms with Gasteiger partial charge in [0.25, 0.3) is 0 Å². The number of fused-ring (bicyclic) bond motifs is 1. The summed E-state index contributed by atoms with van der Waals surface area (Å²) in [5, 5.41) is 0. The Morgan fingerprint density at radius 1 is 1.16 bits per heavy atom. The monoisotopic (exact) mass is 438 g/mol. The van der Waals surface area contributed by atoms with E-state index in [1.54, 1.807) is 12.5 Å². The SMILES string of the molecule is CC1(C)O[C@@]2(C=C3[C@H](CC[C@]45C[C@]34C(=O)O[C@@H]5c3ccoc3)O2)C[C@@H]1[C@]1(C)C=CC(=O)O1. The number of cyclic esters (lactones) is 2. The summed E-state index contributed by atoms with van der Waals surface area (Å²) >= 11 is 0. The van der Waals surface area contributed by atoms with E-state index in [4.69, 9.17) is 23.4 Å². The normalized spacial score (nSPS) is 49.5. The molecule has 0 bridgehead atoms. The first-order valence-electron chi connectivity index (χ1n) is 11.4. The maximum Gasteiger partial charge on any atom is 0.331 e. The standard InChI is InChI=1S/C25H26O7/c1-21(2)17(22(3)7-5-18(26)31-22)11-24(32-21)10-15-16(30-24)4-8-23-13-25(15,23)20(27)29-19(23)14-6-9-28-12-14/h5-7,9-10,12,16-17,19H,4,8,11,13H2,1-3H3/t16-,17-,19+,22-,23+,24-,25+/m0/s1. The molecule has 0 aromatic carbocycles. The van der Waals surface area contributed by atoms with Gasteiger partial charge in [0.2, 0.25) is 0 Å². The van der Waals surface area contributed by atoms with Gasteiger partial charge in [-0.25, -0.2) is 4.79 Å². The highest BCUT2D eigenvalue weighted by Crippen LogP contribution is 2.83. The Balaban J connectivity index is 1.26. The molecule has 2 saturated heterocycles. The maximum absolute atomic E-state index is 13.2. The van der Waals surface area contributed by atoms with Crippen molar-refractivity contribution in [2.24, 2.45) is 16.7 Å². The molecule has 7 nitrogen and oxygen atoms in total. The highest BCUT2D eigenvalue weighted by molar-refractivity contribution is 5.90. The summed E-state index contributed by atoms with van der Waals surface area (Å²) in [5.41, 5.74) is -0.251. The Morgan fingerprint density at radius 3 is 2.72 bits per heavy atom. The van der Waals surface area contributed by atoms with Gasteiger partial charge < -0.3 is 23.4 Å². The molecule has 0 N–H and O–H groups in total. The number of carbonyl (C=O) groups is 2. The topological polar surface area (TPSA) is 84.2 Å². The van der Waals surface area contributed by atoms with Crippen LogP contribution in [0.1, 0.15) is 58.1 Å². The van der Waals surface area contributed by atoms with E-state index in [1.807, 2.05) is 32.9 Å². The highest BCUT2D eigenvalue weighted by atomic mass is 16.7. The summed E-state index contributed by atoms with van der Waals surface area (Å²) in [5.74, 6) is -1.51. The Morgan fingerprint density at radius 2 is 2.00 bits per heavy atom. The lowest BCUT2D eigenvalue weighted by Crippen LogP contribution is -2.44. The molecule has 0 unspecified atom stereocenters. The highest BCUT2D eigenvalue weighted by Gasteiger charge is 2.85. The number of carbonyl (C=O) groups excluding carboxylic acids is 2. The maximum atomic E-state index is 13.2. The molecule has 0 radical (unpaired) electrons. The van der Waals surface area contributed by atoms with Gasteiger partial charge in [-0.1, -0.05) is 0 Å². The van der Waals surface area contributed by atoms with Gasteiger partial charge in [0, 0.05) is 29.4 Å². The molecule has 1 spiro atoms. The third kappa shape index (κ3) is 2.05. The zero-order valence-corrected chi connectivity index (χ0v) is 18.4. The summed E-state index contributed by atoms with van der Waals surface area (Å²) in [7, 11) is 0. The van der Waals surface area contributed by atoms with Gasteiger partial charge in [0.15, 0.2) is 5.79 Å². The van der Waals surface area contributed by atoms with Gasteiger partial charge in [-0.3, -0.25) is 4.79 Å². The second-order valence-corrected chi connectivity index (χ2v) is 11.0. The summed E-state index contributed by atoms with van der Waals surface area (Å²) in [4.78, 5) is 25.1. The molecule has 1 aromatic heterocycles. The Bertz CT molecular complexity index is 1120. The van der Waals surface area contributed by atoms with Gasteiger partial charge in [0.1, 0.15) is 17.1 Å². The van der Waals surface area contributed by atoms with E-state index < -0.39 is 22.4 Å². The lowest BCUT2D eigenvalue weighted by Gasteiger charge is -2.36. The molecule has 32 heavy (non-hydrogen) atoms. The molecule has 6 aliphatic rings. The number of hydrogen-bond donors (Lipinski definition) is 0. The van der Waals surface area contributed by atoms with Crippen LogP contribution in [0.3, 0.4) is 0 Å². The molecule has 2 saturated carbocycles. The van der Waals surface area contributed by atoms with Gasteiger partial charge >= 0.3 is 11.9 Å². The Hall–Kier alpha value is -2.38. The number of rotatable bonds is 2. The average molecular weight is 438 g/mol.